The zero-order valence-corrected chi connectivity index (χ0v) is 17.7. The van der Waals surface area contributed by atoms with Gasteiger partial charge < -0.3 is 20.5 Å². The Bertz CT molecular complexity index is 373. The van der Waals surface area contributed by atoms with E-state index < -0.39 is 0 Å². The molecule has 2 rings (SSSR count). The Hall–Kier alpha value is -0.0800. The highest BCUT2D eigenvalue weighted by molar-refractivity contribution is 14.0. The third kappa shape index (κ3) is 6.67. The molecule has 0 radical (unpaired) electrons. The topological polar surface area (TPSA) is 65.9 Å². The summed E-state index contributed by atoms with van der Waals surface area (Å²) >= 11 is 0. The van der Waals surface area contributed by atoms with E-state index in [4.69, 9.17) is 9.73 Å². The van der Waals surface area contributed by atoms with E-state index in [1.54, 1.807) is 7.11 Å². The van der Waals surface area contributed by atoms with E-state index in [1.165, 1.54) is 25.7 Å². The van der Waals surface area contributed by atoms with Gasteiger partial charge in [-0.15, -0.1) is 24.0 Å². The predicted molar refractivity (Wildman–Crippen MR) is 110 cm³/mol. The standard InChI is InChI=1S/C18H35N3O2.HI/c1-3-19-17(20-13-15-7-6-8-16(15)22)21-14-18(11-12-23-2)9-4-5-10-18;/h15-16,22H,3-14H2,1-2H3,(H2,19,20,21);1H. The van der Waals surface area contributed by atoms with Crippen LogP contribution in [0.4, 0.5) is 0 Å². The van der Waals surface area contributed by atoms with Crippen molar-refractivity contribution in [2.24, 2.45) is 16.3 Å². The number of guanidine groups is 1. The van der Waals surface area contributed by atoms with Gasteiger partial charge in [-0.2, -0.15) is 0 Å². The number of hydrogen-bond acceptors (Lipinski definition) is 3. The Morgan fingerprint density at radius 2 is 1.96 bits per heavy atom. The number of methoxy groups -OCH3 is 1. The number of aliphatic hydroxyl groups is 1. The molecule has 2 aliphatic carbocycles. The third-order valence-electron chi connectivity index (χ3n) is 5.57. The lowest BCUT2D eigenvalue weighted by atomic mass is 9.83. The molecule has 5 nitrogen and oxygen atoms in total. The molecule has 0 aromatic carbocycles. The largest absolute Gasteiger partial charge is 0.393 e. The van der Waals surface area contributed by atoms with Gasteiger partial charge in [-0.05, 0) is 44.4 Å². The summed E-state index contributed by atoms with van der Waals surface area (Å²) in [7, 11) is 1.78. The van der Waals surface area contributed by atoms with Crippen molar-refractivity contribution in [3.8, 4) is 0 Å². The van der Waals surface area contributed by atoms with Gasteiger partial charge in [0.2, 0.25) is 0 Å². The molecule has 142 valence electrons. The molecule has 6 heteroatoms. The molecule has 0 aliphatic heterocycles. The van der Waals surface area contributed by atoms with E-state index >= 15 is 0 Å². The summed E-state index contributed by atoms with van der Waals surface area (Å²) in [5.41, 5.74) is 0.325. The molecule has 0 saturated heterocycles. The van der Waals surface area contributed by atoms with E-state index in [9.17, 15) is 5.11 Å². The number of rotatable bonds is 8. The first-order valence-electron chi connectivity index (χ1n) is 9.38. The minimum atomic E-state index is -0.145. The fourth-order valence-corrected chi connectivity index (χ4v) is 4.00. The van der Waals surface area contributed by atoms with Crippen LogP contribution in [0.25, 0.3) is 0 Å². The monoisotopic (exact) mass is 453 g/mol. The number of nitrogens with one attached hydrogen (secondary N) is 2. The molecule has 2 unspecified atom stereocenters. The summed E-state index contributed by atoms with van der Waals surface area (Å²) < 4.78 is 5.30. The van der Waals surface area contributed by atoms with Crippen molar-refractivity contribution in [1.82, 2.24) is 10.6 Å². The second-order valence-corrected chi connectivity index (χ2v) is 7.28. The van der Waals surface area contributed by atoms with Crippen LogP contribution in [0.5, 0.6) is 0 Å². The maximum atomic E-state index is 9.96. The molecule has 2 atom stereocenters. The maximum absolute atomic E-state index is 9.96. The van der Waals surface area contributed by atoms with E-state index in [2.05, 4.69) is 17.6 Å². The Morgan fingerprint density at radius 1 is 1.21 bits per heavy atom. The van der Waals surface area contributed by atoms with Crippen molar-refractivity contribution in [1.29, 1.82) is 0 Å². The molecule has 3 N–H and O–H groups in total. The zero-order chi connectivity index (χ0) is 16.5. The fraction of sp³-hybridized carbons (Fsp3) is 0.944. The minimum absolute atomic E-state index is 0. The number of nitrogens with zero attached hydrogens (tertiary/aromatic N) is 1. The lowest BCUT2D eigenvalue weighted by Crippen LogP contribution is -2.41. The molecule has 24 heavy (non-hydrogen) atoms. The first-order valence-corrected chi connectivity index (χ1v) is 9.38. The van der Waals surface area contributed by atoms with Gasteiger partial charge in [0.05, 0.1) is 6.10 Å². The highest BCUT2D eigenvalue weighted by Gasteiger charge is 2.33. The Balaban J connectivity index is 0.00000288. The molecule has 2 aliphatic rings. The van der Waals surface area contributed by atoms with E-state index in [0.717, 1.165) is 57.9 Å². The van der Waals surface area contributed by atoms with E-state index in [0.29, 0.717) is 11.3 Å². The SMILES string of the molecule is CCNC(=NCC1(CCOC)CCCC1)NCC1CCCC1O.I. The highest BCUT2D eigenvalue weighted by atomic mass is 127. The first-order chi connectivity index (χ1) is 11.2. The van der Waals surface area contributed by atoms with Crippen molar-refractivity contribution in [3.05, 3.63) is 0 Å². The van der Waals surface area contributed by atoms with Gasteiger partial charge in [0, 0.05) is 39.3 Å². The van der Waals surface area contributed by atoms with Crippen molar-refractivity contribution < 1.29 is 9.84 Å². The van der Waals surface area contributed by atoms with Crippen LogP contribution in [0.15, 0.2) is 4.99 Å². The van der Waals surface area contributed by atoms with Gasteiger partial charge in [-0.3, -0.25) is 4.99 Å². The molecule has 0 heterocycles. The minimum Gasteiger partial charge on any atom is -0.393 e. The summed E-state index contributed by atoms with van der Waals surface area (Å²) in [5, 5.41) is 16.7. The van der Waals surface area contributed by atoms with E-state index in [1.807, 2.05) is 0 Å². The average molecular weight is 453 g/mol. The molecular weight excluding hydrogens is 417 g/mol. The first kappa shape index (κ1) is 22.0. The molecule has 2 saturated carbocycles. The van der Waals surface area contributed by atoms with Gasteiger partial charge in [0.15, 0.2) is 5.96 Å². The molecule has 0 spiro atoms. The summed E-state index contributed by atoms with van der Waals surface area (Å²) in [6.45, 7) is 5.48. The second-order valence-electron chi connectivity index (χ2n) is 7.28. The quantitative estimate of drug-likeness (QED) is 0.301. The predicted octanol–water partition coefficient (Wildman–Crippen LogP) is 2.92. The Morgan fingerprint density at radius 3 is 2.54 bits per heavy atom. The van der Waals surface area contributed by atoms with Crippen molar-refractivity contribution in [2.75, 3.05) is 33.4 Å². The number of hydrogen-bond donors (Lipinski definition) is 3. The van der Waals surface area contributed by atoms with Gasteiger partial charge in [-0.1, -0.05) is 19.3 Å². The number of aliphatic hydroxyl groups excluding tert-OH is 1. The van der Waals surface area contributed by atoms with Crippen molar-refractivity contribution >= 4 is 29.9 Å². The number of halogens is 1. The van der Waals surface area contributed by atoms with Gasteiger partial charge in [0.25, 0.3) is 0 Å². The zero-order valence-electron chi connectivity index (χ0n) is 15.4. The van der Waals surface area contributed by atoms with Crippen LogP contribution in [0.2, 0.25) is 0 Å². The Labute approximate surface area is 164 Å². The summed E-state index contributed by atoms with van der Waals surface area (Å²) in [4.78, 5) is 4.86. The molecule has 0 aromatic heterocycles. The normalized spacial score (nSPS) is 26.2. The van der Waals surface area contributed by atoms with E-state index in [-0.39, 0.29) is 30.1 Å². The smallest absolute Gasteiger partial charge is 0.191 e. The highest BCUT2D eigenvalue weighted by Crippen LogP contribution is 2.41. The third-order valence-corrected chi connectivity index (χ3v) is 5.57. The molecule has 0 bridgehead atoms. The molecular formula is C18H36IN3O2. The molecule has 0 aromatic rings. The van der Waals surface area contributed by atoms with Gasteiger partial charge in [0.1, 0.15) is 0 Å². The van der Waals surface area contributed by atoms with Crippen LogP contribution < -0.4 is 10.6 Å². The summed E-state index contributed by atoms with van der Waals surface area (Å²) in [6.07, 6.45) is 9.32. The number of aliphatic imine (C=N–C) groups is 1. The van der Waals surface area contributed by atoms with Crippen LogP contribution in [-0.4, -0.2) is 50.5 Å². The maximum Gasteiger partial charge on any atom is 0.191 e. The van der Waals surface area contributed by atoms with Crippen molar-refractivity contribution in [3.63, 3.8) is 0 Å². The fourth-order valence-electron chi connectivity index (χ4n) is 4.00. The van der Waals surface area contributed by atoms with Crippen LogP contribution in [0, 0.1) is 11.3 Å². The Kier molecular flexibility index (Phi) is 10.5. The van der Waals surface area contributed by atoms with Gasteiger partial charge in [-0.25, -0.2) is 0 Å². The second kappa shape index (κ2) is 11.5. The summed E-state index contributed by atoms with van der Waals surface area (Å²) in [5.74, 6) is 1.27. The number of ether oxygens (including phenoxy) is 1. The summed E-state index contributed by atoms with van der Waals surface area (Å²) in [6, 6.07) is 0. The van der Waals surface area contributed by atoms with Crippen LogP contribution in [0.1, 0.15) is 58.3 Å². The van der Waals surface area contributed by atoms with Crippen LogP contribution in [0.3, 0.4) is 0 Å². The van der Waals surface area contributed by atoms with Crippen molar-refractivity contribution in [2.45, 2.75) is 64.4 Å². The molecule has 2 fully saturated rings. The van der Waals surface area contributed by atoms with Gasteiger partial charge >= 0.3 is 0 Å². The van der Waals surface area contributed by atoms with Crippen LogP contribution >= 0.6 is 24.0 Å². The lowest BCUT2D eigenvalue weighted by Gasteiger charge is -2.27. The lowest BCUT2D eigenvalue weighted by molar-refractivity contribution is 0.134. The van der Waals surface area contributed by atoms with Crippen LogP contribution in [-0.2, 0) is 4.74 Å². The average Bonchev–Trinajstić information content (AvgIpc) is 3.18. The molecule has 0 amide bonds.